The highest BCUT2D eigenvalue weighted by Gasteiger charge is 2.43. The summed E-state index contributed by atoms with van der Waals surface area (Å²) in [6.07, 6.45) is 5.43. The van der Waals surface area contributed by atoms with Gasteiger partial charge in [-0.25, -0.2) is 4.98 Å². The minimum atomic E-state index is 0.211. The van der Waals surface area contributed by atoms with Crippen molar-refractivity contribution in [2.75, 3.05) is 25.4 Å². The standard InChI is InChI=1S/C10H15N5/c11-9-13-8(6-12-14-9)10-2-1-4-15(7-10)5-3-10/h6H,1-5,7H2,(H2,11,13,14). The lowest BCUT2D eigenvalue weighted by Crippen LogP contribution is -2.37. The van der Waals surface area contributed by atoms with E-state index in [-0.39, 0.29) is 5.41 Å². The van der Waals surface area contributed by atoms with E-state index >= 15 is 0 Å². The van der Waals surface area contributed by atoms with E-state index in [2.05, 4.69) is 20.1 Å². The molecule has 80 valence electrons. The Kier molecular flexibility index (Phi) is 1.88. The molecule has 0 aromatic carbocycles. The minimum Gasteiger partial charge on any atom is -0.366 e. The Morgan fingerprint density at radius 3 is 3.13 bits per heavy atom. The van der Waals surface area contributed by atoms with Gasteiger partial charge in [0.2, 0.25) is 5.95 Å². The van der Waals surface area contributed by atoms with E-state index in [1.165, 1.54) is 32.4 Å². The maximum atomic E-state index is 5.59. The van der Waals surface area contributed by atoms with E-state index in [1.54, 1.807) is 6.20 Å². The molecule has 2 aliphatic heterocycles. The molecule has 2 fully saturated rings. The molecule has 2 unspecified atom stereocenters. The third kappa shape index (κ3) is 1.38. The molecule has 1 aromatic rings. The Labute approximate surface area is 88.7 Å². The molecule has 2 aliphatic rings. The maximum Gasteiger partial charge on any atom is 0.240 e. The number of hydrogen-bond acceptors (Lipinski definition) is 5. The average Bonchev–Trinajstić information content (AvgIpc) is 2.56. The molecule has 5 heteroatoms. The van der Waals surface area contributed by atoms with Crippen molar-refractivity contribution in [2.45, 2.75) is 24.7 Å². The first kappa shape index (κ1) is 9.03. The fourth-order valence-corrected chi connectivity index (χ4v) is 2.90. The van der Waals surface area contributed by atoms with Crippen LogP contribution >= 0.6 is 0 Å². The molecule has 0 saturated carbocycles. The second-order valence-corrected chi connectivity index (χ2v) is 4.61. The monoisotopic (exact) mass is 205 g/mol. The fraction of sp³-hybridized carbons (Fsp3) is 0.700. The summed E-state index contributed by atoms with van der Waals surface area (Å²) in [5.41, 5.74) is 6.84. The number of fused-ring (bicyclic) bond motifs is 2. The van der Waals surface area contributed by atoms with Crippen LogP contribution in [-0.2, 0) is 5.41 Å². The highest BCUT2D eigenvalue weighted by atomic mass is 15.2. The zero-order valence-corrected chi connectivity index (χ0v) is 8.69. The van der Waals surface area contributed by atoms with Gasteiger partial charge in [0.05, 0.1) is 11.9 Å². The number of piperidine rings is 1. The largest absolute Gasteiger partial charge is 0.366 e. The first-order chi connectivity index (χ1) is 7.28. The van der Waals surface area contributed by atoms with Crippen LogP contribution < -0.4 is 5.73 Å². The fourth-order valence-electron chi connectivity index (χ4n) is 2.90. The summed E-state index contributed by atoms with van der Waals surface area (Å²) in [6.45, 7) is 3.53. The summed E-state index contributed by atoms with van der Waals surface area (Å²) in [7, 11) is 0. The zero-order valence-electron chi connectivity index (χ0n) is 8.69. The van der Waals surface area contributed by atoms with Gasteiger partial charge in [0.15, 0.2) is 0 Å². The van der Waals surface area contributed by atoms with Crippen molar-refractivity contribution >= 4 is 5.95 Å². The number of aromatic nitrogens is 3. The number of rotatable bonds is 1. The van der Waals surface area contributed by atoms with Gasteiger partial charge in [0.25, 0.3) is 0 Å². The quantitative estimate of drug-likeness (QED) is 0.709. The predicted octanol–water partition coefficient (Wildman–Crippen LogP) is 0.191. The predicted molar refractivity (Wildman–Crippen MR) is 56.2 cm³/mol. The van der Waals surface area contributed by atoms with E-state index in [9.17, 15) is 0 Å². The molecule has 2 N–H and O–H groups in total. The molecule has 5 nitrogen and oxygen atoms in total. The first-order valence-corrected chi connectivity index (χ1v) is 5.47. The van der Waals surface area contributed by atoms with Crippen LogP contribution in [0.3, 0.4) is 0 Å². The minimum absolute atomic E-state index is 0.211. The average molecular weight is 205 g/mol. The lowest BCUT2D eigenvalue weighted by Gasteiger charge is -2.32. The van der Waals surface area contributed by atoms with Crippen LogP contribution in [0.15, 0.2) is 6.20 Å². The number of hydrogen-bond donors (Lipinski definition) is 1. The molecule has 0 radical (unpaired) electrons. The van der Waals surface area contributed by atoms with Crippen molar-refractivity contribution in [3.8, 4) is 0 Å². The van der Waals surface area contributed by atoms with Crippen LogP contribution in [0.25, 0.3) is 0 Å². The molecule has 2 bridgehead atoms. The number of nitrogens with two attached hydrogens (primary N) is 1. The number of nitrogen functional groups attached to an aromatic ring is 1. The van der Waals surface area contributed by atoms with E-state index in [4.69, 9.17) is 5.73 Å². The first-order valence-electron chi connectivity index (χ1n) is 5.47. The van der Waals surface area contributed by atoms with Gasteiger partial charge in [-0.15, -0.1) is 5.10 Å². The van der Waals surface area contributed by atoms with E-state index in [0.29, 0.717) is 5.95 Å². The van der Waals surface area contributed by atoms with Crippen LogP contribution in [0.4, 0.5) is 5.95 Å². The Hall–Kier alpha value is -1.23. The molecule has 15 heavy (non-hydrogen) atoms. The van der Waals surface area contributed by atoms with Gasteiger partial charge in [-0.05, 0) is 32.4 Å². The summed E-state index contributed by atoms with van der Waals surface area (Å²) in [4.78, 5) is 6.85. The molecule has 2 saturated heterocycles. The highest BCUT2D eigenvalue weighted by Crippen LogP contribution is 2.40. The Balaban J connectivity index is 1.98. The number of anilines is 1. The third-order valence-electron chi connectivity index (χ3n) is 3.68. The molecule has 3 rings (SSSR count). The molecular formula is C10H15N5. The zero-order chi connectivity index (χ0) is 10.3. The van der Waals surface area contributed by atoms with Crippen LogP contribution in [0.5, 0.6) is 0 Å². The van der Waals surface area contributed by atoms with Crippen LogP contribution in [0.1, 0.15) is 25.0 Å². The summed E-state index contributed by atoms with van der Waals surface area (Å²) < 4.78 is 0. The molecular weight excluding hydrogens is 190 g/mol. The molecule has 2 atom stereocenters. The number of nitrogens with zero attached hydrogens (tertiary/aromatic N) is 4. The molecule has 0 aliphatic carbocycles. The van der Waals surface area contributed by atoms with Gasteiger partial charge in [0.1, 0.15) is 0 Å². The van der Waals surface area contributed by atoms with Crippen molar-refractivity contribution in [3.05, 3.63) is 11.9 Å². The molecule has 0 amide bonds. The van der Waals surface area contributed by atoms with Crippen molar-refractivity contribution in [2.24, 2.45) is 0 Å². The lowest BCUT2D eigenvalue weighted by atomic mass is 9.78. The Morgan fingerprint density at radius 1 is 1.33 bits per heavy atom. The second kappa shape index (κ2) is 3.13. The van der Waals surface area contributed by atoms with Crippen molar-refractivity contribution in [1.29, 1.82) is 0 Å². The SMILES string of the molecule is Nc1nncc(C23CCCN(CC2)C3)n1. The van der Waals surface area contributed by atoms with E-state index < -0.39 is 0 Å². The van der Waals surface area contributed by atoms with Gasteiger partial charge < -0.3 is 10.6 Å². The third-order valence-corrected chi connectivity index (χ3v) is 3.68. The van der Waals surface area contributed by atoms with Crippen molar-refractivity contribution in [1.82, 2.24) is 20.1 Å². The maximum absolute atomic E-state index is 5.59. The second-order valence-electron chi connectivity index (χ2n) is 4.61. The summed E-state index contributed by atoms with van der Waals surface area (Å²) >= 11 is 0. The highest BCUT2D eigenvalue weighted by molar-refractivity contribution is 5.23. The van der Waals surface area contributed by atoms with E-state index in [0.717, 1.165) is 12.2 Å². The lowest BCUT2D eigenvalue weighted by molar-refractivity contribution is 0.239. The molecule has 0 spiro atoms. The summed E-state index contributed by atoms with van der Waals surface area (Å²) in [6, 6.07) is 0. The van der Waals surface area contributed by atoms with Gasteiger partial charge in [-0.1, -0.05) is 0 Å². The van der Waals surface area contributed by atoms with Crippen LogP contribution in [0.2, 0.25) is 0 Å². The normalized spacial score (nSPS) is 34.3. The topological polar surface area (TPSA) is 67.9 Å². The Morgan fingerprint density at radius 2 is 2.27 bits per heavy atom. The smallest absolute Gasteiger partial charge is 0.240 e. The molecule has 3 heterocycles. The molecule has 1 aromatic heterocycles. The van der Waals surface area contributed by atoms with Crippen LogP contribution in [0, 0.1) is 0 Å². The van der Waals surface area contributed by atoms with Gasteiger partial charge in [0, 0.05) is 12.0 Å². The van der Waals surface area contributed by atoms with Crippen molar-refractivity contribution in [3.63, 3.8) is 0 Å². The van der Waals surface area contributed by atoms with Crippen molar-refractivity contribution < 1.29 is 0 Å². The summed E-state index contributed by atoms with van der Waals surface area (Å²) in [5, 5.41) is 7.63. The van der Waals surface area contributed by atoms with Gasteiger partial charge in [-0.2, -0.15) is 5.10 Å². The van der Waals surface area contributed by atoms with E-state index in [1.807, 2.05) is 0 Å². The van der Waals surface area contributed by atoms with Gasteiger partial charge in [-0.3, -0.25) is 0 Å². The Bertz CT molecular complexity index is 376. The van der Waals surface area contributed by atoms with Crippen LogP contribution in [-0.4, -0.2) is 39.7 Å². The summed E-state index contributed by atoms with van der Waals surface area (Å²) in [5.74, 6) is 0.297. The van der Waals surface area contributed by atoms with Gasteiger partial charge >= 0.3 is 0 Å².